The highest BCUT2D eigenvalue weighted by atomic mass is 16.5. The Morgan fingerprint density at radius 1 is 0.688 bits per heavy atom. The first-order valence-corrected chi connectivity index (χ1v) is 5.01. The molecule has 2 heterocycles. The van der Waals surface area contributed by atoms with Gasteiger partial charge in [-0.15, -0.1) is 0 Å². The summed E-state index contributed by atoms with van der Waals surface area (Å²) in [5, 5.41) is 0. The van der Waals surface area contributed by atoms with Gasteiger partial charge in [0.2, 0.25) is 0 Å². The summed E-state index contributed by atoms with van der Waals surface area (Å²) in [7, 11) is 0. The first-order chi connectivity index (χ1) is 7.95. The average Bonchev–Trinajstić information content (AvgIpc) is 2.37. The van der Waals surface area contributed by atoms with E-state index in [4.69, 9.17) is 9.47 Å². The molecular weight excluding hydrogens is 204 g/mol. The molecule has 0 spiro atoms. The maximum atomic E-state index is 5.45. The predicted octanol–water partition coefficient (Wildman–Crippen LogP) is 1.93. The number of aromatic nitrogens is 2. The Balaban J connectivity index is 1.70. The van der Waals surface area contributed by atoms with Crippen LogP contribution in [0, 0.1) is 0 Å². The number of rotatable bonds is 5. The van der Waals surface area contributed by atoms with Gasteiger partial charge in [-0.2, -0.15) is 0 Å². The monoisotopic (exact) mass is 216 g/mol. The van der Waals surface area contributed by atoms with E-state index < -0.39 is 0 Å². The lowest BCUT2D eigenvalue weighted by atomic mass is 10.4. The van der Waals surface area contributed by atoms with Crippen molar-refractivity contribution in [1.82, 2.24) is 9.97 Å². The van der Waals surface area contributed by atoms with Gasteiger partial charge in [0.25, 0.3) is 0 Å². The molecule has 16 heavy (non-hydrogen) atoms. The Labute approximate surface area is 93.9 Å². The summed E-state index contributed by atoms with van der Waals surface area (Å²) in [4.78, 5) is 7.81. The molecule has 82 valence electrons. The van der Waals surface area contributed by atoms with Crippen LogP contribution in [0.4, 0.5) is 0 Å². The number of pyridine rings is 2. The third-order valence-corrected chi connectivity index (χ3v) is 1.92. The van der Waals surface area contributed by atoms with Crippen LogP contribution in [0.25, 0.3) is 0 Å². The molecule has 0 aliphatic heterocycles. The highest BCUT2D eigenvalue weighted by Crippen LogP contribution is 2.08. The van der Waals surface area contributed by atoms with Crippen molar-refractivity contribution in [3.05, 3.63) is 49.1 Å². The maximum absolute atomic E-state index is 5.45. The van der Waals surface area contributed by atoms with E-state index in [9.17, 15) is 0 Å². The molecule has 0 bridgehead atoms. The van der Waals surface area contributed by atoms with Crippen LogP contribution in [0.15, 0.2) is 49.1 Å². The SMILES string of the molecule is c1cc(OCCOc2ccncc2)ccn1. The fourth-order valence-corrected chi connectivity index (χ4v) is 1.19. The van der Waals surface area contributed by atoms with Crippen molar-refractivity contribution in [2.24, 2.45) is 0 Å². The van der Waals surface area contributed by atoms with Gasteiger partial charge < -0.3 is 9.47 Å². The lowest BCUT2D eigenvalue weighted by Gasteiger charge is -2.07. The molecule has 0 unspecified atom stereocenters. The predicted molar refractivity (Wildman–Crippen MR) is 59.5 cm³/mol. The van der Waals surface area contributed by atoms with Crippen LogP contribution in [0.2, 0.25) is 0 Å². The number of hydrogen-bond acceptors (Lipinski definition) is 4. The van der Waals surface area contributed by atoms with Gasteiger partial charge in [-0.1, -0.05) is 0 Å². The third-order valence-electron chi connectivity index (χ3n) is 1.92. The molecule has 0 radical (unpaired) electrons. The van der Waals surface area contributed by atoms with Crippen molar-refractivity contribution in [3.63, 3.8) is 0 Å². The quantitative estimate of drug-likeness (QED) is 0.716. The van der Waals surface area contributed by atoms with E-state index in [2.05, 4.69) is 9.97 Å². The van der Waals surface area contributed by atoms with Crippen LogP contribution in [0.1, 0.15) is 0 Å². The molecule has 0 atom stereocenters. The van der Waals surface area contributed by atoms with Gasteiger partial charge in [0.05, 0.1) is 0 Å². The lowest BCUT2D eigenvalue weighted by molar-refractivity contribution is 0.217. The van der Waals surface area contributed by atoms with Gasteiger partial charge in [-0.3, -0.25) is 9.97 Å². The van der Waals surface area contributed by atoms with Crippen molar-refractivity contribution < 1.29 is 9.47 Å². The molecule has 0 amide bonds. The van der Waals surface area contributed by atoms with Gasteiger partial charge >= 0.3 is 0 Å². The lowest BCUT2D eigenvalue weighted by Crippen LogP contribution is -2.08. The second-order valence-corrected chi connectivity index (χ2v) is 3.06. The van der Waals surface area contributed by atoms with E-state index in [0.717, 1.165) is 11.5 Å². The van der Waals surface area contributed by atoms with E-state index in [-0.39, 0.29) is 0 Å². The largest absolute Gasteiger partial charge is 0.490 e. The number of nitrogens with zero attached hydrogens (tertiary/aromatic N) is 2. The minimum atomic E-state index is 0.506. The van der Waals surface area contributed by atoms with Crippen molar-refractivity contribution >= 4 is 0 Å². The molecule has 0 aliphatic carbocycles. The molecule has 0 N–H and O–H groups in total. The Kier molecular flexibility index (Phi) is 3.71. The highest BCUT2D eigenvalue weighted by molar-refractivity contribution is 5.17. The number of hydrogen-bond donors (Lipinski definition) is 0. The van der Waals surface area contributed by atoms with Gasteiger partial charge in [0.1, 0.15) is 24.7 Å². The second-order valence-electron chi connectivity index (χ2n) is 3.06. The summed E-state index contributed by atoms with van der Waals surface area (Å²) in [6.45, 7) is 1.01. The smallest absolute Gasteiger partial charge is 0.122 e. The Bertz CT molecular complexity index is 364. The van der Waals surface area contributed by atoms with Crippen LogP contribution in [0.3, 0.4) is 0 Å². The van der Waals surface area contributed by atoms with Gasteiger partial charge in [0, 0.05) is 24.8 Å². The molecule has 0 aromatic carbocycles. The minimum absolute atomic E-state index is 0.506. The van der Waals surface area contributed by atoms with E-state index in [1.165, 1.54) is 0 Å². The molecule has 4 heteroatoms. The first-order valence-electron chi connectivity index (χ1n) is 5.01. The van der Waals surface area contributed by atoms with E-state index in [0.29, 0.717) is 13.2 Å². The zero-order chi connectivity index (χ0) is 11.1. The summed E-state index contributed by atoms with van der Waals surface area (Å²) < 4.78 is 10.9. The summed E-state index contributed by atoms with van der Waals surface area (Å²) in [6, 6.07) is 7.25. The van der Waals surface area contributed by atoms with Crippen LogP contribution in [-0.4, -0.2) is 23.2 Å². The van der Waals surface area contributed by atoms with Crippen molar-refractivity contribution in [3.8, 4) is 11.5 Å². The number of ether oxygens (including phenoxy) is 2. The molecule has 0 aliphatic rings. The topological polar surface area (TPSA) is 44.2 Å². The molecule has 2 aromatic rings. The fourth-order valence-electron chi connectivity index (χ4n) is 1.19. The normalized spacial score (nSPS) is 9.75. The molecule has 4 nitrogen and oxygen atoms in total. The second kappa shape index (κ2) is 5.70. The average molecular weight is 216 g/mol. The van der Waals surface area contributed by atoms with Crippen molar-refractivity contribution in [2.75, 3.05) is 13.2 Å². The molecule has 0 saturated carbocycles. The summed E-state index contributed by atoms with van der Waals surface area (Å²) >= 11 is 0. The fraction of sp³-hybridized carbons (Fsp3) is 0.167. The van der Waals surface area contributed by atoms with Gasteiger partial charge in [0.15, 0.2) is 0 Å². The van der Waals surface area contributed by atoms with Crippen molar-refractivity contribution in [1.29, 1.82) is 0 Å². The minimum Gasteiger partial charge on any atom is -0.490 e. The van der Waals surface area contributed by atoms with Crippen LogP contribution in [0.5, 0.6) is 11.5 Å². The zero-order valence-electron chi connectivity index (χ0n) is 8.74. The van der Waals surface area contributed by atoms with Gasteiger partial charge in [-0.05, 0) is 24.3 Å². The molecule has 0 fully saturated rings. The summed E-state index contributed by atoms with van der Waals surface area (Å²) in [5.41, 5.74) is 0. The summed E-state index contributed by atoms with van der Waals surface area (Å²) in [6.07, 6.45) is 6.77. The first kappa shape index (κ1) is 10.4. The van der Waals surface area contributed by atoms with Crippen LogP contribution < -0.4 is 9.47 Å². The highest BCUT2D eigenvalue weighted by Gasteiger charge is 1.94. The third kappa shape index (κ3) is 3.24. The summed E-state index contributed by atoms with van der Waals surface area (Å²) in [5.74, 6) is 1.60. The zero-order valence-corrected chi connectivity index (χ0v) is 8.74. The molecular formula is C12H12N2O2. The van der Waals surface area contributed by atoms with Crippen LogP contribution in [-0.2, 0) is 0 Å². The Hall–Kier alpha value is -2.10. The van der Waals surface area contributed by atoms with Crippen LogP contribution >= 0.6 is 0 Å². The molecule has 2 rings (SSSR count). The maximum Gasteiger partial charge on any atom is 0.122 e. The molecule has 0 saturated heterocycles. The standard InChI is InChI=1S/C12H12N2O2/c1-5-13-6-2-11(1)15-9-10-16-12-3-7-14-8-4-12/h1-8H,9-10H2. The van der Waals surface area contributed by atoms with Crippen molar-refractivity contribution in [2.45, 2.75) is 0 Å². The van der Waals surface area contributed by atoms with Gasteiger partial charge in [-0.25, -0.2) is 0 Å². The van der Waals surface area contributed by atoms with E-state index >= 15 is 0 Å². The Morgan fingerprint density at radius 3 is 1.44 bits per heavy atom. The van der Waals surface area contributed by atoms with E-state index in [1.807, 2.05) is 24.3 Å². The van der Waals surface area contributed by atoms with E-state index in [1.54, 1.807) is 24.8 Å². The molecule has 2 aromatic heterocycles. The Morgan fingerprint density at radius 2 is 1.06 bits per heavy atom.